The Morgan fingerprint density at radius 2 is 2.04 bits per heavy atom. The maximum absolute atomic E-state index is 14.1. The quantitative estimate of drug-likeness (QED) is 0.661. The highest BCUT2D eigenvalue weighted by Crippen LogP contribution is 2.30. The van der Waals surface area contributed by atoms with Crippen molar-refractivity contribution in [2.24, 2.45) is 0 Å². The van der Waals surface area contributed by atoms with Crippen LogP contribution in [0.25, 0.3) is 0 Å². The number of rotatable bonds is 10. The number of methoxy groups -OCH3 is 1. The van der Waals surface area contributed by atoms with Gasteiger partial charge in [0.25, 0.3) is 0 Å². The van der Waals surface area contributed by atoms with Crippen molar-refractivity contribution < 1.29 is 19.0 Å². The smallest absolute Gasteiger partial charge is 0.129 e. The van der Waals surface area contributed by atoms with Gasteiger partial charge in [0.2, 0.25) is 0 Å². The Labute approximate surface area is 164 Å². The molecule has 1 N–H and O–H groups in total. The summed E-state index contributed by atoms with van der Waals surface area (Å²) >= 11 is 6.15. The number of aliphatic hydroxyl groups excluding tert-OH is 1. The van der Waals surface area contributed by atoms with Crippen LogP contribution in [-0.4, -0.2) is 42.4 Å². The van der Waals surface area contributed by atoms with Crippen LogP contribution in [0, 0.1) is 5.82 Å². The minimum Gasteiger partial charge on any atom is -0.497 e. The first-order valence-corrected chi connectivity index (χ1v) is 9.50. The molecule has 6 heteroatoms. The number of hydrogen-bond acceptors (Lipinski definition) is 4. The van der Waals surface area contributed by atoms with E-state index < -0.39 is 6.10 Å². The maximum Gasteiger partial charge on any atom is 0.129 e. The van der Waals surface area contributed by atoms with Gasteiger partial charge in [0.05, 0.1) is 26.4 Å². The summed E-state index contributed by atoms with van der Waals surface area (Å²) in [5, 5.41) is 10.8. The van der Waals surface area contributed by atoms with E-state index >= 15 is 0 Å². The summed E-state index contributed by atoms with van der Waals surface area (Å²) in [4.78, 5) is 2.09. The molecule has 0 bridgehead atoms. The molecular weight excluding hydrogens is 369 g/mol. The van der Waals surface area contributed by atoms with Crippen LogP contribution in [0.3, 0.4) is 0 Å². The van der Waals surface area contributed by atoms with Crippen molar-refractivity contribution in [3.63, 3.8) is 0 Å². The third-order valence-electron chi connectivity index (χ3n) is 4.64. The molecule has 146 valence electrons. The topological polar surface area (TPSA) is 41.9 Å². The molecular formula is C21H25ClFNO3. The molecule has 0 saturated heterocycles. The van der Waals surface area contributed by atoms with Gasteiger partial charge in [-0.15, -0.1) is 0 Å². The molecule has 3 rings (SSSR count). The summed E-state index contributed by atoms with van der Waals surface area (Å²) in [5.74, 6) is 0.468. The van der Waals surface area contributed by atoms with Crippen molar-refractivity contribution >= 4 is 11.6 Å². The molecule has 2 aromatic rings. The highest BCUT2D eigenvalue weighted by atomic mass is 35.5. The second kappa shape index (κ2) is 9.51. The summed E-state index contributed by atoms with van der Waals surface area (Å²) < 4.78 is 24.9. The van der Waals surface area contributed by atoms with Gasteiger partial charge in [-0.2, -0.15) is 0 Å². The molecule has 0 spiro atoms. The van der Waals surface area contributed by atoms with E-state index in [1.165, 1.54) is 6.07 Å². The summed E-state index contributed by atoms with van der Waals surface area (Å²) in [6.45, 7) is 1.43. The molecule has 0 aromatic heterocycles. The number of halogens is 2. The zero-order valence-electron chi connectivity index (χ0n) is 15.4. The second-order valence-electron chi connectivity index (χ2n) is 6.88. The number of aliphatic hydroxyl groups is 1. The van der Waals surface area contributed by atoms with Gasteiger partial charge in [-0.1, -0.05) is 29.8 Å². The number of hydrogen-bond donors (Lipinski definition) is 1. The first kappa shape index (κ1) is 20.1. The normalized spacial score (nSPS) is 15.1. The van der Waals surface area contributed by atoms with Crippen LogP contribution < -0.4 is 4.74 Å². The Morgan fingerprint density at radius 3 is 2.74 bits per heavy atom. The average molecular weight is 394 g/mol. The van der Waals surface area contributed by atoms with E-state index in [0.29, 0.717) is 36.3 Å². The Hall–Kier alpha value is -1.66. The minimum absolute atomic E-state index is 0.214. The van der Waals surface area contributed by atoms with Gasteiger partial charge < -0.3 is 14.6 Å². The van der Waals surface area contributed by atoms with Crippen molar-refractivity contribution in [2.75, 3.05) is 20.3 Å². The Morgan fingerprint density at radius 1 is 1.26 bits per heavy atom. The Balaban J connectivity index is 1.51. The summed E-state index contributed by atoms with van der Waals surface area (Å²) in [6.07, 6.45) is 1.47. The molecule has 1 aliphatic rings. The van der Waals surface area contributed by atoms with E-state index in [2.05, 4.69) is 4.90 Å². The van der Waals surface area contributed by atoms with Crippen LogP contribution in [-0.2, 0) is 17.9 Å². The van der Waals surface area contributed by atoms with E-state index in [1.54, 1.807) is 19.2 Å². The SMILES string of the molecule is COc1cccc(COCC(O)CN(Cc2c(F)cccc2Cl)C2CC2)c1. The van der Waals surface area contributed by atoms with Crippen molar-refractivity contribution in [1.29, 1.82) is 0 Å². The lowest BCUT2D eigenvalue weighted by atomic mass is 10.2. The molecule has 1 unspecified atom stereocenters. The first-order valence-electron chi connectivity index (χ1n) is 9.12. The Kier molecular flexibility index (Phi) is 7.07. The lowest BCUT2D eigenvalue weighted by Gasteiger charge is -2.25. The molecule has 0 radical (unpaired) electrons. The second-order valence-corrected chi connectivity index (χ2v) is 7.29. The van der Waals surface area contributed by atoms with Gasteiger partial charge in [0.1, 0.15) is 11.6 Å². The molecule has 1 saturated carbocycles. The van der Waals surface area contributed by atoms with Crippen LogP contribution in [0.5, 0.6) is 5.75 Å². The monoisotopic (exact) mass is 393 g/mol. The maximum atomic E-state index is 14.1. The van der Waals surface area contributed by atoms with E-state index in [4.69, 9.17) is 21.1 Å². The van der Waals surface area contributed by atoms with Crippen LogP contribution in [0.4, 0.5) is 4.39 Å². The van der Waals surface area contributed by atoms with Gasteiger partial charge in [-0.05, 0) is 42.7 Å². The molecule has 27 heavy (non-hydrogen) atoms. The minimum atomic E-state index is -0.651. The predicted octanol–water partition coefficient (Wildman–Crippen LogP) is 4.03. The third kappa shape index (κ3) is 5.91. The van der Waals surface area contributed by atoms with Gasteiger partial charge in [0.15, 0.2) is 0 Å². The highest BCUT2D eigenvalue weighted by Gasteiger charge is 2.31. The fraction of sp³-hybridized carbons (Fsp3) is 0.429. The largest absolute Gasteiger partial charge is 0.497 e. The van der Waals surface area contributed by atoms with Crippen molar-refractivity contribution in [2.45, 2.75) is 38.1 Å². The van der Waals surface area contributed by atoms with E-state index in [1.807, 2.05) is 24.3 Å². The highest BCUT2D eigenvalue weighted by molar-refractivity contribution is 6.31. The molecule has 2 aromatic carbocycles. The van der Waals surface area contributed by atoms with E-state index in [0.717, 1.165) is 24.2 Å². The first-order chi connectivity index (χ1) is 13.1. The summed E-state index contributed by atoms with van der Waals surface area (Å²) in [5.41, 5.74) is 1.47. The lowest BCUT2D eigenvalue weighted by Crippen LogP contribution is -2.36. The summed E-state index contributed by atoms with van der Waals surface area (Å²) in [6, 6.07) is 12.7. The number of nitrogens with zero attached hydrogens (tertiary/aromatic N) is 1. The molecule has 1 fully saturated rings. The number of benzene rings is 2. The molecule has 4 nitrogen and oxygen atoms in total. The van der Waals surface area contributed by atoms with Gasteiger partial charge >= 0.3 is 0 Å². The van der Waals surface area contributed by atoms with E-state index in [-0.39, 0.29) is 12.4 Å². The fourth-order valence-electron chi connectivity index (χ4n) is 3.07. The van der Waals surface area contributed by atoms with Crippen LogP contribution in [0.15, 0.2) is 42.5 Å². The van der Waals surface area contributed by atoms with Crippen molar-refractivity contribution in [1.82, 2.24) is 4.90 Å². The standard InChI is InChI=1S/C21H25ClFNO3/c1-26-18-5-2-4-15(10-18)13-27-14-17(25)11-24(16-8-9-16)12-19-20(22)6-3-7-21(19)23/h2-7,10,16-17,25H,8-9,11-14H2,1H3. The van der Waals surface area contributed by atoms with Crippen molar-refractivity contribution in [3.05, 3.63) is 64.4 Å². The zero-order chi connectivity index (χ0) is 19.2. The van der Waals surface area contributed by atoms with Gasteiger partial charge in [-0.3, -0.25) is 4.90 Å². The van der Waals surface area contributed by atoms with Crippen molar-refractivity contribution in [3.8, 4) is 5.75 Å². The third-order valence-corrected chi connectivity index (χ3v) is 5.00. The zero-order valence-corrected chi connectivity index (χ0v) is 16.2. The van der Waals surface area contributed by atoms with Gasteiger partial charge in [0, 0.05) is 29.7 Å². The molecule has 1 atom stereocenters. The average Bonchev–Trinajstić information content (AvgIpc) is 3.49. The number of ether oxygens (including phenoxy) is 2. The van der Waals surface area contributed by atoms with Crippen LogP contribution >= 0.6 is 11.6 Å². The predicted molar refractivity (Wildman–Crippen MR) is 103 cm³/mol. The summed E-state index contributed by atoms with van der Waals surface area (Å²) in [7, 11) is 1.62. The molecule has 0 heterocycles. The molecule has 0 aliphatic heterocycles. The molecule has 0 amide bonds. The lowest BCUT2D eigenvalue weighted by molar-refractivity contribution is 0.00687. The fourth-order valence-corrected chi connectivity index (χ4v) is 3.29. The van der Waals surface area contributed by atoms with E-state index in [9.17, 15) is 9.50 Å². The van der Waals surface area contributed by atoms with Crippen LogP contribution in [0.2, 0.25) is 5.02 Å². The van der Waals surface area contributed by atoms with Crippen LogP contribution in [0.1, 0.15) is 24.0 Å². The molecule has 1 aliphatic carbocycles. The van der Waals surface area contributed by atoms with Gasteiger partial charge in [-0.25, -0.2) is 4.39 Å². The Bertz CT molecular complexity index is 734.